The van der Waals surface area contributed by atoms with Gasteiger partial charge in [-0.3, -0.25) is 4.79 Å². The molecule has 0 saturated carbocycles. The van der Waals surface area contributed by atoms with Crippen LogP contribution < -0.4 is 10.0 Å². The van der Waals surface area contributed by atoms with Gasteiger partial charge < -0.3 is 10.1 Å². The molecule has 0 saturated heterocycles. The summed E-state index contributed by atoms with van der Waals surface area (Å²) in [7, 11) is -2.34. The van der Waals surface area contributed by atoms with Crippen LogP contribution in [0, 0.1) is 0 Å². The fourth-order valence-corrected chi connectivity index (χ4v) is 4.73. The quantitative estimate of drug-likeness (QED) is 0.322. The van der Waals surface area contributed by atoms with Gasteiger partial charge in [-0.2, -0.15) is 0 Å². The molecule has 0 aliphatic carbocycles. The van der Waals surface area contributed by atoms with Crippen molar-refractivity contribution in [2.75, 3.05) is 12.4 Å². The van der Waals surface area contributed by atoms with Crippen LogP contribution in [0.5, 0.6) is 0 Å². The van der Waals surface area contributed by atoms with Gasteiger partial charge in [0, 0.05) is 16.6 Å². The molecule has 2 aromatic carbocycles. The Hall–Kier alpha value is -1.81. The fourth-order valence-electron chi connectivity index (χ4n) is 2.85. The third-order valence-electron chi connectivity index (χ3n) is 4.65. The molecule has 2 N–H and O–H groups in total. The van der Waals surface area contributed by atoms with Crippen LogP contribution in [-0.4, -0.2) is 32.5 Å². The zero-order valence-corrected chi connectivity index (χ0v) is 20.8. The Labute approximate surface area is 197 Å². The molecule has 0 radical (unpaired) electrons. The number of anilines is 1. The Morgan fingerprint density at radius 2 is 1.77 bits per heavy atom. The van der Waals surface area contributed by atoms with Crippen LogP contribution in [-0.2, 0) is 26.0 Å². The molecule has 9 heteroatoms. The van der Waals surface area contributed by atoms with Gasteiger partial charge >= 0.3 is 5.97 Å². The van der Waals surface area contributed by atoms with Crippen LogP contribution in [0.25, 0.3) is 0 Å². The van der Waals surface area contributed by atoms with Gasteiger partial charge in [-0.05, 0) is 54.8 Å². The summed E-state index contributed by atoms with van der Waals surface area (Å²) >= 11 is 8.85. The fraction of sp³-hybridized carbons (Fsp3) is 0.364. The van der Waals surface area contributed by atoms with Crippen molar-refractivity contribution in [1.82, 2.24) is 4.72 Å². The molecule has 1 unspecified atom stereocenters. The van der Waals surface area contributed by atoms with Gasteiger partial charge in [-0.15, -0.1) is 0 Å². The van der Waals surface area contributed by atoms with Gasteiger partial charge in [0.2, 0.25) is 10.0 Å². The third-order valence-corrected chi connectivity index (χ3v) is 7.05. The number of aryl methyl sites for hydroxylation is 1. The van der Waals surface area contributed by atoms with Crippen molar-refractivity contribution in [3.05, 3.63) is 58.6 Å². The van der Waals surface area contributed by atoms with Gasteiger partial charge in [-0.1, -0.05) is 60.0 Å². The summed E-state index contributed by atoms with van der Waals surface area (Å²) < 4.78 is 33.8. The van der Waals surface area contributed by atoms with E-state index in [9.17, 15) is 13.2 Å². The second kappa shape index (κ2) is 12.3. The summed E-state index contributed by atoms with van der Waals surface area (Å²) in [5.41, 5.74) is 1.76. The maximum Gasteiger partial charge on any atom is 0.305 e. The van der Waals surface area contributed by atoms with Crippen molar-refractivity contribution >= 4 is 54.8 Å². The highest BCUT2D eigenvalue weighted by molar-refractivity contribution is 9.10. The number of rotatable bonds is 11. The second-order valence-corrected chi connectivity index (χ2v) is 10.1. The number of esters is 1. The molecule has 2 rings (SSSR count). The topological polar surface area (TPSA) is 84.5 Å². The third kappa shape index (κ3) is 8.33. The summed E-state index contributed by atoms with van der Waals surface area (Å²) in [6.07, 6.45) is 3.26. The summed E-state index contributed by atoms with van der Waals surface area (Å²) in [5, 5.41) is 3.14. The van der Waals surface area contributed by atoms with Crippen molar-refractivity contribution in [2.24, 2.45) is 0 Å². The molecule has 1 atom stereocenters. The standard InChI is InChI=1S/C22H27BrN2O4S2/c1-3-4-5-20(25-31(27,28)19-13-9-17(23)10-14-19)22(30)24-18-11-6-16(7-12-18)8-15-21(26)29-2/h6-7,9-14,20,25H,3-5,8,15H2,1-2H3,(H,24,30). The second-order valence-electron chi connectivity index (χ2n) is 7.03. The van der Waals surface area contributed by atoms with Crippen molar-refractivity contribution in [1.29, 1.82) is 0 Å². The monoisotopic (exact) mass is 526 g/mol. The molecule has 0 fully saturated rings. The van der Waals surface area contributed by atoms with Gasteiger partial charge in [-0.25, -0.2) is 13.1 Å². The Bertz CT molecular complexity index is 978. The zero-order chi connectivity index (χ0) is 22.9. The number of halogens is 1. The molecule has 0 amide bonds. The summed E-state index contributed by atoms with van der Waals surface area (Å²) in [4.78, 5) is 11.9. The highest BCUT2D eigenvalue weighted by Crippen LogP contribution is 2.17. The first-order valence-corrected chi connectivity index (χ1v) is 12.7. The maximum absolute atomic E-state index is 12.8. The van der Waals surface area contributed by atoms with E-state index in [1.165, 1.54) is 7.11 Å². The van der Waals surface area contributed by atoms with E-state index < -0.39 is 16.1 Å². The van der Waals surface area contributed by atoms with Crippen LogP contribution >= 0.6 is 28.1 Å². The Balaban J connectivity index is 2.07. The van der Waals surface area contributed by atoms with E-state index in [0.29, 0.717) is 24.3 Å². The molecule has 31 heavy (non-hydrogen) atoms. The summed E-state index contributed by atoms with van der Waals surface area (Å²) in [6, 6.07) is 13.5. The number of benzene rings is 2. The smallest absolute Gasteiger partial charge is 0.305 e. The minimum Gasteiger partial charge on any atom is -0.469 e. The molecule has 0 spiro atoms. The number of ether oxygens (including phenoxy) is 1. The Kier molecular flexibility index (Phi) is 10.1. The van der Waals surface area contributed by atoms with Crippen molar-refractivity contribution in [3.8, 4) is 0 Å². The first kappa shape index (κ1) is 25.5. The Morgan fingerprint density at radius 1 is 1.13 bits per heavy atom. The van der Waals surface area contributed by atoms with Crippen LogP contribution in [0.4, 0.5) is 5.69 Å². The highest BCUT2D eigenvalue weighted by Gasteiger charge is 2.23. The molecule has 0 bridgehead atoms. The number of carbonyl (C=O) groups is 1. The number of thiocarbonyl (C=S) groups is 1. The summed E-state index contributed by atoms with van der Waals surface area (Å²) in [6.45, 7) is 2.05. The van der Waals surface area contributed by atoms with Crippen molar-refractivity contribution < 1.29 is 17.9 Å². The van der Waals surface area contributed by atoms with E-state index in [-0.39, 0.29) is 10.9 Å². The normalized spacial score (nSPS) is 12.2. The van der Waals surface area contributed by atoms with E-state index in [1.54, 1.807) is 24.3 Å². The maximum atomic E-state index is 12.8. The van der Waals surface area contributed by atoms with E-state index in [0.717, 1.165) is 28.6 Å². The van der Waals surface area contributed by atoms with Crippen LogP contribution in [0.3, 0.4) is 0 Å². The van der Waals surface area contributed by atoms with Crippen LogP contribution in [0.2, 0.25) is 0 Å². The summed E-state index contributed by atoms with van der Waals surface area (Å²) in [5.74, 6) is -0.250. The zero-order valence-electron chi connectivity index (χ0n) is 17.6. The van der Waals surface area contributed by atoms with E-state index in [2.05, 4.69) is 30.7 Å². The van der Waals surface area contributed by atoms with Gasteiger partial charge in [0.05, 0.1) is 23.0 Å². The number of sulfonamides is 1. The SMILES string of the molecule is CCCCC(NS(=O)(=O)c1ccc(Br)cc1)C(=S)Nc1ccc(CCC(=O)OC)cc1. The molecule has 2 aromatic rings. The Morgan fingerprint density at radius 3 is 2.35 bits per heavy atom. The molecule has 0 aromatic heterocycles. The molecular formula is C22H27BrN2O4S2. The first-order chi connectivity index (χ1) is 14.7. The van der Waals surface area contributed by atoms with Crippen LogP contribution in [0.1, 0.15) is 38.2 Å². The molecular weight excluding hydrogens is 500 g/mol. The number of carbonyl (C=O) groups excluding carboxylic acids is 1. The van der Waals surface area contributed by atoms with Crippen molar-refractivity contribution in [3.63, 3.8) is 0 Å². The van der Waals surface area contributed by atoms with Crippen LogP contribution in [0.15, 0.2) is 57.9 Å². The van der Waals surface area contributed by atoms with E-state index >= 15 is 0 Å². The molecule has 0 aliphatic rings. The van der Waals surface area contributed by atoms with Gasteiger partial charge in [0.25, 0.3) is 0 Å². The lowest BCUT2D eigenvalue weighted by atomic mass is 10.1. The molecule has 0 heterocycles. The predicted octanol–water partition coefficient (Wildman–Crippen LogP) is 4.83. The van der Waals surface area contributed by atoms with Gasteiger partial charge in [0.15, 0.2) is 0 Å². The number of hydrogen-bond acceptors (Lipinski definition) is 5. The van der Waals surface area contributed by atoms with Gasteiger partial charge in [0.1, 0.15) is 0 Å². The number of methoxy groups -OCH3 is 1. The average Bonchev–Trinajstić information content (AvgIpc) is 2.76. The highest BCUT2D eigenvalue weighted by atomic mass is 79.9. The van der Waals surface area contributed by atoms with E-state index in [4.69, 9.17) is 12.2 Å². The molecule has 6 nitrogen and oxygen atoms in total. The largest absolute Gasteiger partial charge is 0.469 e. The number of nitrogens with one attached hydrogen (secondary N) is 2. The molecule has 168 valence electrons. The molecule has 0 aliphatic heterocycles. The predicted molar refractivity (Wildman–Crippen MR) is 131 cm³/mol. The van der Waals surface area contributed by atoms with E-state index in [1.807, 2.05) is 31.2 Å². The minimum atomic E-state index is -3.71. The average molecular weight is 528 g/mol. The van der Waals surface area contributed by atoms with Crippen molar-refractivity contribution in [2.45, 2.75) is 50.0 Å². The number of unbranched alkanes of at least 4 members (excludes halogenated alkanes) is 1. The lowest BCUT2D eigenvalue weighted by Crippen LogP contribution is -2.42. The minimum absolute atomic E-state index is 0.190. The first-order valence-electron chi connectivity index (χ1n) is 9.99. The lowest BCUT2D eigenvalue weighted by Gasteiger charge is -2.21. The number of hydrogen-bond donors (Lipinski definition) is 2. The lowest BCUT2D eigenvalue weighted by molar-refractivity contribution is -0.140.